The number of carbonyl (C=O) groups excluding carboxylic acids is 1. The van der Waals surface area contributed by atoms with Gasteiger partial charge in [-0.15, -0.1) is 10.2 Å². The second-order valence-corrected chi connectivity index (χ2v) is 3.69. The molecule has 0 atom stereocenters. The van der Waals surface area contributed by atoms with E-state index in [9.17, 15) is 4.79 Å². The van der Waals surface area contributed by atoms with Crippen molar-refractivity contribution in [2.75, 3.05) is 19.4 Å². The Labute approximate surface area is 98.2 Å². The molecule has 0 saturated carbocycles. The van der Waals surface area contributed by atoms with Crippen molar-refractivity contribution < 1.29 is 4.79 Å². The summed E-state index contributed by atoms with van der Waals surface area (Å²) in [6.45, 7) is 3.74. The summed E-state index contributed by atoms with van der Waals surface area (Å²) in [5.41, 5.74) is 2.74. The molecule has 0 aliphatic carbocycles. The Bertz CT molecular complexity index is 588. The summed E-state index contributed by atoms with van der Waals surface area (Å²) in [5, 5.41) is 17.7. The fraction of sp³-hybridized carbons (Fsp3) is 0.400. The molecule has 0 fully saturated rings. The molecule has 0 saturated heterocycles. The van der Waals surface area contributed by atoms with Crippen LogP contribution in [0.3, 0.4) is 0 Å². The second-order valence-electron chi connectivity index (χ2n) is 3.69. The molecule has 2 aromatic rings. The molecule has 1 amide bonds. The van der Waals surface area contributed by atoms with Crippen molar-refractivity contribution in [1.29, 1.82) is 0 Å². The number of carbonyl (C=O) groups is 1. The lowest BCUT2D eigenvalue weighted by Gasteiger charge is -2.08. The Kier molecular flexibility index (Phi) is 2.66. The van der Waals surface area contributed by atoms with Gasteiger partial charge in [-0.1, -0.05) is 0 Å². The van der Waals surface area contributed by atoms with Crippen LogP contribution in [0, 0.1) is 13.8 Å². The van der Waals surface area contributed by atoms with Gasteiger partial charge in [0.15, 0.2) is 11.3 Å². The summed E-state index contributed by atoms with van der Waals surface area (Å²) in [7, 11) is 3.31. The van der Waals surface area contributed by atoms with Gasteiger partial charge in [0.25, 0.3) is 5.91 Å². The lowest BCUT2D eigenvalue weighted by Crippen LogP contribution is -2.22. The van der Waals surface area contributed by atoms with E-state index in [1.807, 2.05) is 13.8 Å². The number of amides is 1. The van der Waals surface area contributed by atoms with Crippen LogP contribution in [-0.4, -0.2) is 39.8 Å². The van der Waals surface area contributed by atoms with E-state index in [1.54, 1.807) is 14.1 Å². The topological polar surface area (TPSA) is 84.2 Å². The van der Waals surface area contributed by atoms with Gasteiger partial charge in [0.05, 0.1) is 0 Å². The summed E-state index contributed by atoms with van der Waals surface area (Å²) in [6.07, 6.45) is 0. The van der Waals surface area contributed by atoms with Crippen LogP contribution < -0.4 is 10.6 Å². The van der Waals surface area contributed by atoms with Crippen molar-refractivity contribution in [2.24, 2.45) is 0 Å². The molecule has 0 radical (unpaired) electrons. The van der Waals surface area contributed by atoms with Crippen LogP contribution >= 0.6 is 0 Å². The molecule has 2 rings (SSSR count). The quantitative estimate of drug-likeness (QED) is 0.772. The van der Waals surface area contributed by atoms with Gasteiger partial charge >= 0.3 is 0 Å². The van der Waals surface area contributed by atoms with Crippen LogP contribution in [0.2, 0.25) is 0 Å². The highest BCUT2D eigenvalue weighted by Crippen LogP contribution is 2.17. The molecule has 0 spiro atoms. The van der Waals surface area contributed by atoms with Crippen molar-refractivity contribution in [3.63, 3.8) is 0 Å². The number of aryl methyl sites for hydroxylation is 1. The van der Waals surface area contributed by atoms with E-state index in [2.05, 4.69) is 25.9 Å². The minimum Gasteiger partial charge on any atom is -0.356 e. The predicted octanol–water partition coefficient (Wildman–Crippen LogP) is 0.142. The third-order valence-corrected chi connectivity index (χ3v) is 2.76. The van der Waals surface area contributed by atoms with E-state index < -0.39 is 0 Å². The SMILES string of the molecule is CNC(=O)c1nn2c(NC)nnc2c(C)c1C. The average Bonchev–Trinajstić information content (AvgIpc) is 2.75. The molecule has 7 heteroatoms. The van der Waals surface area contributed by atoms with E-state index in [-0.39, 0.29) is 5.91 Å². The first-order valence-electron chi connectivity index (χ1n) is 5.22. The van der Waals surface area contributed by atoms with Crippen LogP contribution in [0.4, 0.5) is 5.95 Å². The molecule has 0 aliphatic rings. The standard InChI is InChI=1S/C10H14N6O/c1-5-6(2)8-13-14-10(12-4)16(8)15-7(5)9(17)11-3/h1-4H3,(H,11,17)(H,12,14). The van der Waals surface area contributed by atoms with E-state index in [0.717, 1.165) is 11.1 Å². The van der Waals surface area contributed by atoms with E-state index >= 15 is 0 Å². The van der Waals surface area contributed by atoms with Gasteiger partial charge in [-0.3, -0.25) is 4.79 Å². The van der Waals surface area contributed by atoms with E-state index in [4.69, 9.17) is 0 Å². The minimum atomic E-state index is -0.219. The summed E-state index contributed by atoms with van der Waals surface area (Å²) in [5.74, 6) is 0.288. The van der Waals surface area contributed by atoms with Crippen LogP contribution in [0.1, 0.15) is 21.6 Å². The van der Waals surface area contributed by atoms with Crippen LogP contribution in [-0.2, 0) is 0 Å². The number of aromatic nitrogens is 4. The monoisotopic (exact) mass is 234 g/mol. The maximum atomic E-state index is 11.7. The van der Waals surface area contributed by atoms with E-state index in [1.165, 1.54) is 4.52 Å². The lowest BCUT2D eigenvalue weighted by molar-refractivity contribution is 0.0956. The molecule has 0 bridgehead atoms. The third-order valence-electron chi connectivity index (χ3n) is 2.76. The first-order chi connectivity index (χ1) is 8.10. The van der Waals surface area contributed by atoms with Crippen molar-refractivity contribution in [3.05, 3.63) is 16.8 Å². The molecule has 7 nitrogen and oxygen atoms in total. The smallest absolute Gasteiger partial charge is 0.271 e. The summed E-state index contributed by atoms with van der Waals surface area (Å²) in [4.78, 5) is 11.7. The Morgan fingerprint density at radius 1 is 1.18 bits per heavy atom. The number of nitrogens with one attached hydrogen (secondary N) is 2. The largest absolute Gasteiger partial charge is 0.356 e. The maximum Gasteiger partial charge on any atom is 0.271 e. The van der Waals surface area contributed by atoms with Crippen molar-refractivity contribution in [3.8, 4) is 0 Å². The molecule has 0 aliphatic heterocycles. The molecule has 0 unspecified atom stereocenters. The zero-order valence-corrected chi connectivity index (χ0v) is 10.2. The summed E-state index contributed by atoms with van der Waals surface area (Å²) >= 11 is 0. The highest BCUT2D eigenvalue weighted by atomic mass is 16.1. The van der Waals surface area contributed by atoms with Gasteiger partial charge in [0, 0.05) is 19.7 Å². The molecule has 2 heterocycles. The Morgan fingerprint density at radius 2 is 1.88 bits per heavy atom. The fourth-order valence-electron chi connectivity index (χ4n) is 1.62. The Balaban J connectivity index is 2.78. The number of fused-ring (bicyclic) bond motifs is 1. The third kappa shape index (κ3) is 1.59. The Morgan fingerprint density at radius 3 is 2.47 bits per heavy atom. The molecule has 0 aromatic carbocycles. The van der Waals surface area contributed by atoms with Gasteiger partial charge in [0.2, 0.25) is 5.95 Å². The van der Waals surface area contributed by atoms with Gasteiger partial charge in [0.1, 0.15) is 0 Å². The van der Waals surface area contributed by atoms with Crippen molar-refractivity contribution >= 4 is 17.5 Å². The number of rotatable bonds is 2. The normalized spacial score (nSPS) is 10.6. The number of hydrogen-bond acceptors (Lipinski definition) is 5. The maximum absolute atomic E-state index is 11.7. The molecular weight excluding hydrogens is 220 g/mol. The first kappa shape index (κ1) is 11.3. The summed E-state index contributed by atoms with van der Waals surface area (Å²) in [6, 6.07) is 0. The van der Waals surface area contributed by atoms with Crippen LogP contribution in [0.5, 0.6) is 0 Å². The average molecular weight is 234 g/mol. The lowest BCUT2D eigenvalue weighted by atomic mass is 10.1. The molecular formula is C10H14N6O. The van der Waals surface area contributed by atoms with Gasteiger partial charge in [-0.2, -0.15) is 9.61 Å². The highest BCUT2D eigenvalue weighted by Gasteiger charge is 2.17. The Hall–Kier alpha value is -2.18. The first-order valence-corrected chi connectivity index (χ1v) is 5.22. The number of hydrogen-bond donors (Lipinski definition) is 2. The number of anilines is 1. The van der Waals surface area contributed by atoms with Gasteiger partial charge in [-0.05, 0) is 19.4 Å². The summed E-state index contributed by atoms with van der Waals surface area (Å²) < 4.78 is 1.53. The molecule has 2 N–H and O–H groups in total. The van der Waals surface area contributed by atoms with Crippen molar-refractivity contribution in [2.45, 2.75) is 13.8 Å². The van der Waals surface area contributed by atoms with Crippen LogP contribution in [0.15, 0.2) is 0 Å². The van der Waals surface area contributed by atoms with E-state index in [0.29, 0.717) is 17.3 Å². The number of nitrogens with zero attached hydrogens (tertiary/aromatic N) is 4. The second kappa shape index (κ2) is 4.00. The zero-order chi connectivity index (χ0) is 12.6. The predicted molar refractivity (Wildman–Crippen MR) is 63.2 cm³/mol. The minimum absolute atomic E-state index is 0.219. The van der Waals surface area contributed by atoms with Gasteiger partial charge in [-0.25, -0.2) is 0 Å². The zero-order valence-electron chi connectivity index (χ0n) is 10.2. The van der Waals surface area contributed by atoms with Gasteiger partial charge < -0.3 is 10.6 Å². The molecule has 90 valence electrons. The molecule has 2 aromatic heterocycles. The highest BCUT2D eigenvalue weighted by molar-refractivity contribution is 5.94. The van der Waals surface area contributed by atoms with Crippen molar-refractivity contribution in [1.82, 2.24) is 25.1 Å². The molecule has 17 heavy (non-hydrogen) atoms. The fourth-order valence-corrected chi connectivity index (χ4v) is 1.62. The van der Waals surface area contributed by atoms with Crippen LogP contribution in [0.25, 0.3) is 5.65 Å².